The average Bonchev–Trinajstić information content (AvgIpc) is 2.85. The molecule has 6 heteroatoms. The molecule has 106 valence electrons. The fourth-order valence-corrected chi connectivity index (χ4v) is 2.51. The van der Waals surface area contributed by atoms with Crippen LogP contribution in [0.3, 0.4) is 0 Å². The minimum absolute atomic E-state index is 0.0554. The summed E-state index contributed by atoms with van der Waals surface area (Å²) in [4.78, 5) is 23.5. The second-order valence-corrected chi connectivity index (χ2v) is 5.81. The molecular formula is C13H20N2O3S. The number of carboxylic acids is 1. The molecule has 3 N–H and O–H groups in total. The molecule has 0 spiro atoms. The molecule has 0 radical (unpaired) electrons. The van der Waals surface area contributed by atoms with Crippen LogP contribution in [0.1, 0.15) is 31.7 Å². The highest BCUT2D eigenvalue weighted by atomic mass is 32.1. The van der Waals surface area contributed by atoms with E-state index in [2.05, 4.69) is 10.6 Å². The predicted octanol–water partition coefficient (Wildman–Crippen LogP) is 2.47. The van der Waals surface area contributed by atoms with E-state index in [-0.39, 0.29) is 24.5 Å². The Kier molecular flexibility index (Phi) is 5.82. The molecule has 1 aromatic heterocycles. The SMILES string of the molecule is CC(CNC(=O)NC(c1cccs1)C(C)C)C(=O)O. The van der Waals surface area contributed by atoms with Crippen molar-refractivity contribution < 1.29 is 14.7 Å². The summed E-state index contributed by atoms with van der Waals surface area (Å²) in [5, 5.41) is 16.2. The van der Waals surface area contributed by atoms with E-state index in [4.69, 9.17) is 5.11 Å². The van der Waals surface area contributed by atoms with Gasteiger partial charge in [0.15, 0.2) is 0 Å². The van der Waals surface area contributed by atoms with Gasteiger partial charge in [-0.2, -0.15) is 0 Å². The summed E-state index contributed by atoms with van der Waals surface area (Å²) in [6.07, 6.45) is 0. The van der Waals surface area contributed by atoms with Gasteiger partial charge in [-0.05, 0) is 17.4 Å². The van der Waals surface area contributed by atoms with E-state index in [9.17, 15) is 9.59 Å². The Labute approximate surface area is 117 Å². The van der Waals surface area contributed by atoms with Crippen LogP contribution in [-0.4, -0.2) is 23.7 Å². The van der Waals surface area contributed by atoms with Crippen molar-refractivity contribution in [2.75, 3.05) is 6.54 Å². The van der Waals surface area contributed by atoms with E-state index < -0.39 is 11.9 Å². The molecule has 0 aliphatic rings. The van der Waals surface area contributed by atoms with E-state index in [1.165, 1.54) is 0 Å². The summed E-state index contributed by atoms with van der Waals surface area (Å²) in [6.45, 7) is 5.74. The van der Waals surface area contributed by atoms with Gasteiger partial charge < -0.3 is 15.7 Å². The number of carbonyl (C=O) groups excluding carboxylic acids is 1. The Morgan fingerprint density at radius 3 is 2.53 bits per heavy atom. The molecule has 2 amide bonds. The van der Waals surface area contributed by atoms with Gasteiger partial charge in [0.05, 0.1) is 12.0 Å². The lowest BCUT2D eigenvalue weighted by Crippen LogP contribution is -2.42. The molecule has 2 atom stereocenters. The normalized spacial score (nSPS) is 13.9. The molecule has 1 rings (SSSR count). The summed E-state index contributed by atoms with van der Waals surface area (Å²) in [5.74, 6) is -1.25. The first-order valence-electron chi connectivity index (χ1n) is 6.22. The number of hydrogen-bond acceptors (Lipinski definition) is 3. The Morgan fingerprint density at radius 2 is 2.05 bits per heavy atom. The maximum atomic E-state index is 11.8. The number of nitrogens with one attached hydrogen (secondary N) is 2. The van der Waals surface area contributed by atoms with Crippen LogP contribution in [-0.2, 0) is 4.79 Å². The standard InChI is InChI=1S/C13H20N2O3S/c1-8(2)11(10-5-4-6-19-10)15-13(18)14-7-9(3)12(16)17/h4-6,8-9,11H,7H2,1-3H3,(H,16,17)(H2,14,15,18). The highest BCUT2D eigenvalue weighted by Crippen LogP contribution is 2.25. The van der Waals surface area contributed by atoms with Crippen LogP contribution >= 0.6 is 11.3 Å². The van der Waals surface area contributed by atoms with Crippen molar-refractivity contribution in [3.8, 4) is 0 Å². The average molecular weight is 284 g/mol. The van der Waals surface area contributed by atoms with Crippen molar-refractivity contribution in [1.82, 2.24) is 10.6 Å². The first kappa shape index (κ1) is 15.5. The molecule has 1 aromatic rings. The first-order chi connectivity index (χ1) is 8.91. The number of urea groups is 1. The Morgan fingerprint density at radius 1 is 1.37 bits per heavy atom. The molecule has 1 heterocycles. The van der Waals surface area contributed by atoms with Gasteiger partial charge in [0.2, 0.25) is 0 Å². The van der Waals surface area contributed by atoms with Gasteiger partial charge >= 0.3 is 12.0 Å². The van der Waals surface area contributed by atoms with Gasteiger partial charge in [-0.3, -0.25) is 4.79 Å². The Bertz CT molecular complexity index is 418. The topological polar surface area (TPSA) is 78.4 Å². The van der Waals surface area contributed by atoms with Crippen molar-refractivity contribution in [1.29, 1.82) is 0 Å². The second kappa shape index (κ2) is 7.13. The predicted molar refractivity (Wildman–Crippen MR) is 75.2 cm³/mol. The van der Waals surface area contributed by atoms with Gasteiger partial charge in [-0.1, -0.05) is 26.8 Å². The molecular weight excluding hydrogens is 264 g/mol. The Balaban J connectivity index is 2.51. The van der Waals surface area contributed by atoms with Crippen LogP contribution in [0.15, 0.2) is 17.5 Å². The zero-order valence-corrected chi connectivity index (χ0v) is 12.2. The summed E-state index contributed by atoms with van der Waals surface area (Å²) in [7, 11) is 0. The van der Waals surface area contributed by atoms with Crippen molar-refractivity contribution in [3.63, 3.8) is 0 Å². The molecule has 0 saturated heterocycles. The summed E-state index contributed by atoms with van der Waals surface area (Å²) in [6, 6.07) is 3.54. The molecule has 19 heavy (non-hydrogen) atoms. The fourth-order valence-electron chi connectivity index (χ4n) is 1.56. The molecule has 0 aliphatic heterocycles. The molecule has 0 fully saturated rings. The number of carboxylic acid groups (broad SMARTS) is 1. The third kappa shape index (κ3) is 4.90. The zero-order valence-electron chi connectivity index (χ0n) is 11.3. The van der Waals surface area contributed by atoms with Crippen molar-refractivity contribution >= 4 is 23.3 Å². The Hall–Kier alpha value is -1.56. The highest BCUT2D eigenvalue weighted by molar-refractivity contribution is 7.10. The van der Waals surface area contributed by atoms with E-state index in [1.807, 2.05) is 31.4 Å². The van der Waals surface area contributed by atoms with Gasteiger partial charge in [0.25, 0.3) is 0 Å². The van der Waals surface area contributed by atoms with E-state index in [0.717, 1.165) is 4.88 Å². The van der Waals surface area contributed by atoms with E-state index >= 15 is 0 Å². The minimum Gasteiger partial charge on any atom is -0.481 e. The lowest BCUT2D eigenvalue weighted by molar-refractivity contribution is -0.140. The monoisotopic (exact) mass is 284 g/mol. The number of carbonyl (C=O) groups is 2. The molecule has 0 aromatic carbocycles. The van der Waals surface area contributed by atoms with Crippen molar-refractivity contribution in [3.05, 3.63) is 22.4 Å². The van der Waals surface area contributed by atoms with Crippen molar-refractivity contribution in [2.24, 2.45) is 11.8 Å². The molecule has 0 saturated carbocycles. The number of thiophene rings is 1. The first-order valence-corrected chi connectivity index (χ1v) is 7.10. The third-order valence-electron chi connectivity index (χ3n) is 2.79. The maximum absolute atomic E-state index is 11.8. The number of amides is 2. The van der Waals surface area contributed by atoms with E-state index in [0.29, 0.717) is 0 Å². The van der Waals surface area contributed by atoms with Crippen LogP contribution in [0.25, 0.3) is 0 Å². The highest BCUT2D eigenvalue weighted by Gasteiger charge is 2.20. The van der Waals surface area contributed by atoms with Gasteiger partial charge in [-0.15, -0.1) is 11.3 Å². The second-order valence-electron chi connectivity index (χ2n) is 4.83. The molecule has 0 bridgehead atoms. The molecule has 2 unspecified atom stereocenters. The quantitative estimate of drug-likeness (QED) is 0.751. The lowest BCUT2D eigenvalue weighted by Gasteiger charge is -2.21. The summed E-state index contributed by atoms with van der Waals surface area (Å²) < 4.78 is 0. The number of aliphatic carboxylic acids is 1. The maximum Gasteiger partial charge on any atom is 0.315 e. The largest absolute Gasteiger partial charge is 0.481 e. The minimum atomic E-state index is -0.918. The van der Waals surface area contributed by atoms with Crippen LogP contribution in [0.2, 0.25) is 0 Å². The summed E-state index contributed by atoms with van der Waals surface area (Å²) in [5.41, 5.74) is 0. The van der Waals surface area contributed by atoms with Crippen molar-refractivity contribution in [2.45, 2.75) is 26.8 Å². The van der Waals surface area contributed by atoms with Gasteiger partial charge in [0, 0.05) is 11.4 Å². The van der Waals surface area contributed by atoms with Gasteiger partial charge in [-0.25, -0.2) is 4.79 Å². The molecule has 0 aliphatic carbocycles. The van der Waals surface area contributed by atoms with Crippen LogP contribution in [0.5, 0.6) is 0 Å². The lowest BCUT2D eigenvalue weighted by atomic mass is 10.0. The smallest absolute Gasteiger partial charge is 0.315 e. The van der Waals surface area contributed by atoms with Crippen LogP contribution in [0.4, 0.5) is 4.79 Å². The third-order valence-corrected chi connectivity index (χ3v) is 3.75. The van der Waals surface area contributed by atoms with Crippen LogP contribution < -0.4 is 10.6 Å². The fraction of sp³-hybridized carbons (Fsp3) is 0.538. The number of hydrogen-bond donors (Lipinski definition) is 3. The van der Waals surface area contributed by atoms with Crippen LogP contribution in [0, 0.1) is 11.8 Å². The molecule has 5 nitrogen and oxygen atoms in total. The van der Waals surface area contributed by atoms with E-state index in [1.54, 1.807) is 18.3 Å². The zero-order chi connectivity index (χ0) is 14.4. The van der Waals surface area contributed by atoms with Gasteiger partial charge in [0.1, 0.15) is 0 Å². The number of rotatable bonds is 6. The summed E-state index contributed by atoms with van der Waals surface area (Å²) >= 11 is 1.59.